The van der Waals surface area contributed by atoms with E-state index in [2.05, 4.69) is 0 Å². The Balaban J connectivity index is 3.09. The van der Waals surface area contributed by atoms with Crippen LogP contribution in [0.25, 0.3) is 11.1 Å². The van der Waals surface area contributed by atoms with Gasteiger partial charge in [0, 0.05) is 12.7 Å². The van der Waals surface area contributed by atoms with Gasteiger partial charge in [0.1, 0.15) is 0 Å². The molecule has 0 fully saturated rings. The zero-order chi connectivity index (χ0) is 23.1. The first-order chi connectivity index (χ1) is 13.6. The molecule has 0 heterocycles. The summed E-state index contributed by atoms with van der Waals surface area (Å²) >= 11 is 0. The number of benzene rings is 2. The Morgan fingerprint density at radius 2 is 1.30 bits per heavy atom. The van der Waals surface area contributed by atoms with Gasteiger partial charge >= 0.3 is 24.2 Å². The molecule has 30 heavy (non-hydrogen) atoms. The van der Waals surface area contributed by atoms with Crippen molar-refractivity contribution >= 4 is 0 Å². The van der Waals surface area contributed by atoms with Gasteiger partial charge < -0.3 is 4.74 Å². The monoisotopic (exact) mass is 448 g/mol. The van der Waals surface area contributed by atoms with E-state index in [1.807, 2.05) is 0 Å². The second-order valence-electron chi connectivity index (χ2n) is 6.48. The van der Waals surface area contributed by atoms with Gasteiger partial charge in [-0.2, -0.15) is 39.5 Å². The number of hydrogen-bond donors (Lipinski definition) is 0. The van der Waals surface area contributed by atoms with Gasteiger partial charge in [0.25, 0.3) is 0 Å². The highest BCUT2D eigenvalue weighted by Crippen LogP contribution is 2.56. The van der Waals surface area contributed by atoms with Crippen LogP contribution in [-0.4, -0.2) is 19.5 Å². The summed E-state index contributed by atoms with van der Waals surface area (Å²) in [6, 6.07) is 4.36. The lowest BCUT2D eigenvalue weighted by molar-refractivity contribution is -0.348. The van der Waals surface area contributed by atoms with Gasteiger partial charge in [-0.3, -0.25) is 0 Å². The summed E-state index contributed by atoms with van der Waals surface area (Å²) in [4.78, 5) is 0. The van der Waals surface area contributed by atoms with E-state index in [0.717, 1.165) is 32.2 Å². The normalized spacial score (nSPS) is 13.6. The fraction of sp³-hybridized carbons (Fsp3) is 0.368. The Morgan fingerprint density at radius 3 is 1.77 bits per heavy atom. The highest BCUT2D eigenvalue weighted by atomic mass is 19.4. The molecule has 0 unspecified atom stereocenters. The summed E-state index contributed by atoms with van der Waals surface area (Å²) in [5.74, 6) is 0. The van der Waals surface area contributed by atoms with Crippen LogP contribution in [0.1, 0.15) is 22.3 Å². The van der Waals surface area contributed by atoms with E-state index < -0.39 is 58.6 Å². The van der Waals surface area contributed by atoms with Crippen LogP contribution < -0.4 is 0 Å². The standard InChI is InChI=1S/C19H14F10O/c1-10-7-11(9-30-2)15(12-5-3-4-6-13(12)17(21,22)23)14(8-10)16(20,18(24,25)26)19(27,28)29/h3-8H,9H2,1-2H3. The number of hydrogen-bond acceptors (Lipinski definition) is 1. The maximum atomic E-state index is 14.9. The van der Waals surface area contributed by atoms with Crippen molar-refractivity contribution in [3.8, 4) is 11.1 Å². The number of halogens is 10. The maximum Gasteiger partial charge on any atom is 0.435 e. The van der Waals surface area contributed by atoms with Crippen molar-refractivity contribution < 1.29 is 48.6 Å². The van der Waals surface area contributed by atoms with Crippen molar-refractivity contribution in [2.75, 3.05) is 7.11 Å². The van der Waals surface area contributed by atoms with Gasteiger partial charge in [-0.15, -0.1) is 0 Å². The first kappa shape index (κ1) is 24.0. The summed E-state index contributed by atoms with van der Waals surface area (Å²) < 4.78 is 141. The van der Waals surface area contributed by atoms with Crippen LogP contribution in [0.5, 0.6) is 0 Å². The molecule has 2 aromatic rings. The largest absolute Gasteiger partial charge is 0.435 e. The van der Waals surface area contributed by atoms with Crippen LogP contribution in [-0.2, 0) is 23.2 Å². The molecule has 0 aromatic heterocycles. The molecule has 0 atom stereocenters. The lowest BCUT2D eigenvalue weighted by atomic mass is 9.82. The van der Waals surface area contributed by atoms with E-state index in [-0.39, 0.29) is 11.6 Å². The molecular weight excluding hydrogens is 434 g/mol. The van der Waals surface area contributed by atoms with E-state index >= 15 is 0 Å². The lowest BCUT2D eigenvalue weighted by Gasteiger charge is -2.33. The molecule has 2 aromatic carbocycles. The average molecular weight is 448 g/mol. The fourth-order valence-corrected chi connectivity index (χ4v) is 3.13. The fourth-order valence-electron chi connectivity index (χ4n) is 3.13. The Morgan fingerprint density at radius 1 is 0.767 bits per heavy atom. The molecule has 11 heteroatoms. The van der Waals surface area contributed by atoms with Gasteiger partial charge in [0.2, 0.25) is 0 Å². The molecule has 0 N–H and O–H groups in total. The zero-order valence-corrected chi connectivity index (χ0v) is 15.4. The highest BCUT2D eigenvalue weighted by molar-refractivity contribution is 5.76. The first-order valence-corrected chi connectivity index (χ1v) is 8.17. The van der Waals surface area contributed by atoms with E-state index in [4.69, 9.17) is 4.74 Å². The quantitative estimate of drug-likeness (QED) is 0.453. The van der Waals surface area contributed by atoms with E-state index in [9.17, 15) is 43.9 Å². The summed E-state index contributed by atoms with van der Waals surface area (Å²) in [5.41, 5.74) is -12.3. The van der Waals surface area contributed by atoms with Gasteiger partial charge in [0.15, 0.2) is 0 Å². The zero-order valence-electron chi connectivity index (χ0n) is 15.4. The second kappa shape index (κ2) is 7.75. The first-order valence-electron chi connectivity index (χ1n) is 8.17. The summed E-state index contributed by atoms with van der Waals surface area (Å²) in [5, 5.41) is 0. The number of rotatable bonds is 4. The minimum atomic E-state index is -6.49. The van der Waals surface area contributed by atoms with Crippen LogP contribution in [0, 0.1) is 6.92 Å². The molecule has 0 saturated heterocycles. The van der Waals surface area contributed by atoms with Crippen LogP contribution in [0.15, 0.2) is 36.4 Å². The van der Waals surface area contributed by atoms with Crippen LogP contribution >= 0.6 is 0 Å². The molecule has 0 radical (unpaired) electrons. The predicted molar refractivity (Wildman–Crippen MR) is 87.2 cm³/mol. The molecular formula is C19H14F10O. The average Bonchev–Trinajstić information content (AvgIpc) is 2.58. The van der Waals surface area contributed by atoms with Crippen LogP contribution in [0.2, 0.25) is 0 Å². The molecule has 1 nitrogen and oxygen atoms in total. The van der Waals surface area contributed by atoms with Crippen molar-refractivity contribution in [1.29, 1.82) is 0 Å². The third-order valence-electron chi connectivity index (χ3n) is 4.32. The van der Waals surface area contributed by atoms with Gasteiger partial charge in [-0.05, 0) is 29.7 Å². The molecule has 2 rings (SSSR count). The topological polar surface area (TPSA) is 9.23 Å². The third kappa shape index (κ3) is 4.12. The number of ether oxygens (including phenoxy) is 1. The lowest BCUT2D eigenvalue weighted by Crippen LogP contribution is -2.50. The Kier molecular flexibility index (Phi) is 6.19. The molecule has 0 aliphatic carbocycles. The van der Waals surface area contributed by atoms with Crippen LogP contribution in [0.3, 0.4) is 0 Å². The minimum absolute atomic E-state index is 0.221. The number of methoxy groups -OCH3 is 1. The summed E-state index contributed by atoms with van der Waals surface area (Å²) in [6.45, 7) is 0.442. The molecule has 0 bridgehead atoms. The predicted octanol–water partition coefficient (Wildman–Crippen LogP) is 7.12. The van der Waals surface area contributed by atoms with Crippen molar-refractivity contribution in [1.82, 2.24) is 0 Å². The number of aryl methyl sites for hydroxylation is 1. The van der Waals surface area contributed by atoms with Gasteiger partial charge in [-0.25, -0.2) is 4.39 Å². The SMILES string of the molecule is COCc1cc(C)cc(C(F)(C(F)(F)F)C(F)(F)F)c1-c1ccccc1C(F)(F)F. The van der Waals surface area contributed by atoms with E-state index in [1.165, 1.54) is 0 Å². The van der Waals surface area contributed by atoms with Crippen molar-refractivity contribution in [2.24, 2.45) is 0 Å². The van der Waals surface area contributed by atoms with E-state index in [1.54, 1.807) is 0 Å². The highest BCUT2D eigenvalue weighted by Gasteiger charge is 2.74. The van der Waals surface area contributed by atoms with Crippen molar-refractivity contribution in [2.45, 2.75) is 37.7 Å². The molecule has 0 aliphatic heterocycles. The minimum Gasteiger partial charge on any atom is -0.380 e. The van der Waals surface area contributed by atoms with Gasteiger partial charge in [0.05, 0.1) is 12.2 Å². The summed E-state index contributed by atoms with van der Waals surface area (Å²) in [6.07, 6.45) is -18.1. The van der Waals surface area contributed by atoms with E-state index in [0.29, 0.717) is 12.1 Å². The smallest absolute Gasteiger partial charge is 0.380 e. The Labute approximate surface area is 164 Å². The Hall–Kier alpha value is -2.30. The van der Waals surface area contributed by atoms with Crippen molar-refractivity contribution in [3.05, 3.63) is 58.7 Å². The molecule has 0 aliphatic rings. The molecule has 166 valence electrons. The molecule has 0 saturated carbocycles. The molecule has 0 spiro atoms. The maximum absolute atomic E-state index is 14.9. The van der Waals surface area contributed by atoms with Gasteiger partial charge in [-0.1, -0.05) is 35.9 Å². The molecule has 0 amide bonds. The Bertz CT molecular complexity index is 895. The number of alkyl halides is 10. The second-order valence-corrected chi connectivity index (χ2v) is 6.48. The summed E-state index contributed by atoms with van der Waals surface area (Å²) in [7, 11) is 1.04. The van der Waals surface area contributed by atoms with Crippen molar-refractivity contribution in [3.63, 3.8) is 0 Å². The van der Waals surface area contributed by atoms with Crippen LogP contribution in [0.4, 0.5) is 43.9 Å². The third-order valence-corrected chi connectivity index (χ3v) is 4.32.